The molecule has 7 nitrogen and oxygen atoms in total. The molecule has 7 heteroatoms. The average Bonchev–Trinajstić information content (AvgIpc) is 2.87. The molecule has 0 bridgehead atoms. The van der Waals surface area contributed by atoms with E-state index >= 15 is 0 Å². The van der Waals surface area contributed by atoms with Gasteiger partial charge in [-0.15, -0.1) is 0 Å². The number of esters is 1. The summed E-state index contributed by atoms with van der Waals surface area (Å²) in [7, 11) is 0. The molecule has 1 N–H and O–H groups in total. The lowest BCUT2D eigenvalue weighted by Crippen LogP contribution is -2.37. The van der Waals surface area contributed by atoms with Crippen LogP contribution >= 0.6 is 0 Å². The van der Waals surface area contributed by atoms with Gasteiger partial charge in [0, 0.05) is 5.69 Å². The number of benzene rings is 2. The summed E-state index contributed by atoms with van der Waals surface area (Å²) in [6.45, 7) is 2.57. The summed E-state index contributed by atoms with van der Waals surface area (Å²) in [6, 6.07) is 13.6. The fourth-order valence-corrected chi connectivity index (χ4v) is 2.92. The first-order chi connectivity index (χ1) is 14.1. The van der Waals surface area contributed by atoms with E-state index in [9.17, 15) is 14.4 Å². The standard InChI is InChI=1S/C22H24N2O5/c1-2-3-13-29-22(27)16-8-10-17(11-9-16)23-20(25)15-24-18-6-4-5-7-19(18)28-14-12-21(24)26/h4-11H,2-3,12-15H2,1H3,(H,23,25). The van der Waals surface area contributed by atoms with Crippen molar-refractivity contribution in [2.24, 2.45) is 0 Å². The molecule has 1 aliphatic rings. The van der Waals surface area contributed by atoms with Crippen molar-refractivity contribution in [3.05, 3.63) is 54.1 Å². The van der Waals surface area contributed by atoms with Crippen LogP contribution in [0.5, 0.6) is 5.75 Å². The number of fused-ring (bicyclic) bond motifs is 1. The van der Waals surface area contributed by atoms with Crippen molar-refractivity contribution in [2.75, 3.05) is 30.0 Å². The van der Waals surface area contributed by atoms with E-state index in [-0.39, 0.29) is 37.4 Å². The predicted octanol–water partition coefficient (Wildman–Crippen LogP) is 3.40. The maximum atomic E-state index is 12.5. The Kier molecular flexibility index (Phi) is 6.84. The lowest BCUT2D eigenvalue weighted by Gasteiger charge is -2.21. The third-order valence-electron chi connectivity index (χ3n) is 4.47. The summed E-state index contributed by atoms with van der Waals surface area (Å²) in [6.07, 6.45) is 1.98. The quantitative estimate of drug-likeness (QED) is 0.573. The Morgan fingerprint density at radius 1 is 1.14 bits per heavy atom. The Morgan fingerprint density at radius 3 is 2.66 bits per heavy atom. The molecule has 0 unspecified atom stereocenters. The van der Waals surface area contributed by atoms with E-state index in [1.165, 1.54) is 4.90 Å². The number of hydrogen-bond donors (Lipinski definition) is 1. The molecule has 1 aliphatic heterocycles. The van der Waals surface area contributed by atoms with Gasteiger partial charge in [-0.25, -0.2) is 4.79 Å². The Balaban J connectivity index is 1.62. The number of nitrogens with zero attached hydrogens (tertiary/aromatic N) is 1. The van der Waals surface area contributed by atoms with Gasteiger partial charge in [-0.2, -0.15) is 0 Å². The van der Waals surface area contributed by atoms with Crippen molar-refractivity contribution < 1.29 is 23.9 Å². The Morgan fingerprint density at radius 2 is 1.90 bits per heavy atom. The number of unbranched alkanes of at least 4 members (excludes halogenated alkanes) is 1. The molecule has 2 aromatic carbocycles. The van der Waals surface area contributed by atoms with Gasteiger partial charge in [-0.05, 0) is 42.8 Å². The smallest absolute Gasteiger partial charge is 0.338 e. The summed E-state index contributed by atoms with van der Waals surface area (Å²) in [4.78, 5) is 38.3. The molecule has 0 atom stereocenters. The minimum Gasteiger partial charge on any atom is -0.491 e. The van der Waals surface area contributed by atoms with Crippen LogP contribution in [0.25, 0.3) is 0 Å². The van der Waals surface area contributed by atoms with E-state index in [1.807, 2.05) is 13.0 Å². The number of hydrogen-bond acceptors (Lipinski definition) is 5. The van der Waals surface area contributed by atoms with Crippen molar-refractivity contribution in [3.8, 4) is 5.75 Å². The SMILES string of the molecule is CCCCOC(=O)c1ccc(NC(=O)CN2C(=O)CCOc3ccccc32)cc1. The van der Waals surface area contributed by atoms with Crippen molar-refractivity contribution in [1.82, 2.24) is 0 Å². The van der Waals surface area contributed by atoms with E-state index in [0.717, 1.165) is 12.8 Å². The molecule has 29 heavy (non-hydrogen) atoms. The highest BCUT2D eigenvalue weighted by molar-refractivity contribution is 6.03. The number of anilines is 2. The molecule has 0 radical (unpaired) electrons. The van der Waals surface area contributed by atoms with Gasteiger partial charge >= 0.3 is 5.97 Å². The monoisotopic (exact) mass is 396 g/mol. The molecule has 0 fully saturated rings. The molecule has 2 amide bonds. The minimum atomic E-state index is -0.386. The molecular weight excluding hydrogens is 372 g/mol. The van der Waals surface area contributed by atoms with E-state index in [0.29, 0.717) is 29.3 Å². The Bertz CT molecular complexity index is 879. The van der Waals surface area contributed by atoms with Gasteiger partial charge in [-0.3, -0.25) is 14.5 Å². The molecule has 1 heterocycles. The molecule has 0 aromatic heterocycles. The zero-order valence-corrected chi connectivity index (χ0v) is 16.3. The predicted molar refractivity (Wildman–Crippen MR) is 109 cm³/mol. The van der Waals surface area contributed by atoms with Crippen molar-refractivity contribution in [2.45, 2.75) is 26.2 Å². The lowest BCUT2D eigenvalue weighted by molar-refractivity contribution is -0.121. The van der Waals surface area contributed by atoms with Crippen molar-refractivity contribution in [1.29, 1.82) is 0 Å². The number of carbonyl (C=O) groups is 3. The number of rotatable bonds is 7. The maximum Gasteiger partial charge on any atom is 0.338 e. The second-order valence-corrected chi connectivity index (χ2v) is 6.66. The molecule has 0 aliphatic carbocycles. The molecular formula is C22H24N2O5. The number of carbonyl (C=O) groups excluding carboxylic acids is 3. The second-order valence-electron chi connectivity index (χ2n) is 6.66. The van der Waals surface area contributed by atoms with Gasteiger partial charge in [0.2, 0.25) is 11.8 Å². The second kappa shape index (κ2) is 9.73. The summed E-state index contributed by atoms with van der Waals surface area (Å²) >= 11 is 0. The van der Waals surface area contributed by atoms with Crippen LogP contribution in [-0.2, 0) is 14.3 Å². The number of ether oxygens (including phenoxy) is 2. The van der Waals surface area contributed by atoms with Gasteiger partial charge in [0.1, 0.15) is 12.3 Å². The molecule has 0 saturated heterocycles. The maximum absolute atomic E-state index is 12.5. The van der Waals surface area contributed by atoms with E-state index in [4.69, 9.17) is 9.47 Å². The summed E-state index contributed by atoms with van der Waals surface area (Å²) in [5.41, 5.74) is 1.54. The third-order valence-corrected chi connectivity index (χ3v) is 4.47. The molecule has 2 aromatic rings. The average molecular weight is 396 g/mol. The molecule has 152 valence electrons. The summed E-state index contributed by atoms with van der Waals surface area (Å²) in [5, 5.41) is 2.75. The molecule has 3 rings (SSSR count). The Labute approximate surface area is 169 Å². The first-order valence-electron chi connectivity index (χ1n) is 9.67. The van der Waals surface area contributed by atoms with Gasteiger partial charge in [0.25, 0.3) is 0 Å². The summed E-state index contributed by atoms with van der Waals surface area (Å²) < 4.78 is 10.7. The van der Waals surface area contributed by atoms with Crippen molar-refractivity contribution >= 4 is 29.2 Å². The van der Waals surface area contributed by atoms with Crippen LogP contribution in [0.3, 0.4) is 0 Å². The van der Waals surface area contributed by atoms with E-state index in [2.05, 4.69) is 5.32 Å². The van der Waals surface area contributed by atoms with Gasteiger partial charge in [0.05, 0.1) is 30.9 Å². The minimum absolute atomic E-state index is 0.125. The summed E-state index contributed by atoms with van der Waals surface area (Å²) in [5.74, 6) is -0.316. The topological polar surface area (TPSA) is 84.9 Å². The lowest BCUT2D eigenvalue weighted by atomic mass is 10.2. The van der Waals surface area contributed by atoms with E-state index in [1.54, 1.807) is 42.5 Å². The van der Waals surface area contributed by atoms with Crippen LogP contribution in [0.15, 0.2) is 48.5 Å². The van der Waals surface area contributed by atoms with Crippen molar-refractivity contribution in [3.63, 3.8) is 0 Å². The van der Waals surface area contributed by atoms with Crippen LogP contribution in [0, 0.1) is 0 Å². The van der Waals surface area contributed by atoms with Gasteiger partial charge < -0.3 is 14.8 Å². The normalized spacial score (nSPS) is 13.1. The van der Waals surface area contributed by atoms with Crippen LogP contribution in [0.1, 0.15) is 36.5 Å². The van der Waals surface area contributed by atoms with Crippen LogP contribution < -0.4 is 15.0 Å². The fraction of sp³-hybridized carbons (Fsp3) is 0.318. The fourth-order valence-electron chi connectivity index (χ4n) is 2.92. The number of amides is 2. The highest BCUT2D eigenvalue weighted by Gasteiger charge is 2.25. The highest BCUT2D eigenvalue weighted by Crippen LogP contribution is 2.30. The number of para-hydroxylation sites is 2. The largest absolute Gasteiger partial charge is 0.491 e. The van der Waals surface area contributed by atoms with Crippen LogP contribution in [0.2, 0.25) is 0 Å². The van der Waals surface area contributed by atoms with Crippen LogP contribution in [-0.4, -0.2) is 37.5 Å². The number of nitrogens with one attached hydrogen (secondary N) is 1. The first kappa shape index (κ1) is 20.4. The van der Waals surface area contributed by atoms with E-state index < -0.39 is 0 Å². The van der Waals surface area contributed by atoms with Crippen LogP contribution in [0.4, 0.5) is 11.4 Å². The third kappa shape index (κ3) is 5.34. The zero-order chi connectivity index (χ0) is 20.6. The first-order valence-corrected chi connectivity index (χ1v) is 9.67. The highest BCUT2D eigenvalue weighted by atomic mass is 16.5. The van der Waals surface area contributed by atoms with Gasteiger partial charge in [0.15, 0.2) is 0 Å². The van der Waals surface area contributed by atoms with Gasteiger partial charge in [-0.1, -0.05) is 25.5 Å². The zero-order valence-electron chi connectivity index (χ0n) is 16.3. The molecule has 0 spiro atoms. The molecule has 0 saturated carbocycles. The Hall–Kier alpha value is -3.35.